The van der Waals surface area contributed by atoms with E-state index in [9.17, 15) is 5.26 Å². The van der Waals surface area contributed by atoms with Crippen LogP contribution in [0.15, 0.2) is 0 Å². The van der Waals surface area contributed by atoms with Crippen LogP contribution in [0.25, 0.3) is 0 Å². The molecule has 1 atom stereocenters. The van der Waals surface area contributed by atoms with Crippen LogP contribution >= 0.6 is 0 Å². The summed E-state index contributed by atoms with van der Waals surface area (Å²) in [5.74, 6) is 1.37. The summed E-state index contributed by atoms with van der Waals surface area (Å²) in [4.78, 5) is 2.35. The van der Waals surface area contributed by atoms with E-state index in [4.69, 9.17) is 5.73 Å². The van der Waals surface area contributed by atoms with Gasteiger partial charge in [-0.05, 0) is 57.4 Å². The molecule has 0 bridgehead atoms. The Morgan fingerprint density at radius 2 is 1.83 bits per heavy atom. The Bertz CT molecular complexity index is 310. The third-order valence-corrected chi connectivity index (χ3v) is 5.04. The highest BCUT2D eigenvalue weighted by molar-refractivity contribution is 5.14. The van der Waals surface area contributed by atoms with Gasteiger partial charge in [-0.25, -0.2) is 0 Å². The van der Waals surface area contributed by atoms with Gasteiger partial charge in [-0.15, -0.1) is 0 Å². The first-order valence-electron chi connectivity index (χ1n) is 7.49. The molecule has 3 heteroatoms. The highest BCUT2D eigenvalue weighted by Crippen LogP contribution is 2.39. The lowest BCUT2D eigenvalue weighted by molar-refractivity contribution is 0.141. The van der Waals surface area contributed by atoms with Crippen molar-refractivity contribution >= 4 is 0 Å². The Kier molecular flexibility index (Phi) is 4.29. The molecule has 0 aromatic carbocycles. The van der Waals surface area contributed by atoms with Crippen LogP contribution in [0, 0.1) is 23.2 Å². The predicted octanol–water partition coefficient (Wildman–Crippen LogP) is 2.52. The second-order valence-electron chi connectivity index (χ2n) is 6.42. The number of likely N-dealkylation sites (N-methyl/N-ethyl adjacent to an activating group) is 1. The molecule has 0 amide bonds. The van der Waals surface area contributed by atoms with Crippen LogP contribution in [-0.2, 0) is 0 Å². The van der Waals surface area contributed by atoms with Gasteiger partial charge in [0, 0.05) is 12.6 Å². The largest absolute Gasteiger partial charge is 0.312 e. The first-order chi connectivity index (χ1) is 8.59. The minimum absolute atomic E-state index is 0.442. The van der Waals surface area contributed by atoms with Gasteiger partial charge in [0.05, 0.1) is 6.07 Å². The Morgan fingerprint density at radius 3 is 2.28 bits per heavy atom. The second kappa shape index (κ2) is 5.59. The number of nitrogens with two attached hydrogens (primary N) is 1. The molecular formula is C15H27N3. The van der Waals surface area contributed by atoms with Gasteiger partial charge in [0.15, 0.2) is 0 Å². The second-order valence-corrected chi connectivity index (χ2v) is 6.42. The van der Waals surface area contributed by atoms with Crippen molar-refractivity contribution in [1.29, 1.82) is 5.26 Å². The van der Waals surface area contributed by atoms with Crippen LogP contribution in [0.5, 0.6) is 0 Å². The molecular weight excluding hydrogens is 222 g/mol. The SMILES string of the molecule is CCC1CCC(N(C)CC(N)(C#N)C2CC2)CC1. The molecule has 0 aromatic rings. The lowest BCUT2D eigenvalue weighted by Crippen LogP contribution is -2.52. The van der Waals surface area contributed by atoms with Crippen molar-refractivity contribution in [2.45, 2.75) is 63.5 Å². The van der Waals surface area contributed by atoms with Gasteiger partial charge in [-0.1, -0.05) is 13.3 Å². The molecule has 0 heterocycles. The standard InChI is InChI=1S/C15H27N3/c1-3-12-4-8-14(9-5-12)18(2)11-15(17,10-16)13-6-7-13/h12-14H,3-9,11,17H2,1-2H3. The topological polar surface area (TPSA) is 53.0 Å². The third-order valence-electron chi connectivity index (χ3n) is 5.04. The van der Waals surface area contributed by atoms with Gasteiger partial charge in [0.2, 0.25) is 0 Å². The van der Waals surface area contributed by atoms with Crippen LogP contribution in [0.1, 0.15) is 51.9 Å². The van der Waals surface area contributed by atoms with Crippen LogP contribution in [0.3, 0.4) is 0 Å². The number of rotatable bonds is 5. The minimum atomic E-state index is -0.601. The molecule has 2 rings (SSSR count). The first-order valence-corrected chi connectivity index (χ1v) is 7.49. The molecule has 3 nitrogen and oxygen atoms in total. The molecule has 2 aliphatic carbocycles. The van der Waals surface area contributed by atoms with Gasteiger partial charge >= 0.3 is 0 Å². The number of hydrogen-bond donors (Lipinski definition) is 1. The first kappa shape index (κ1) is 13.8. The van der Waals surface area contributed by atoms with Gasteiger partial charge < -0.3 is 10.6 Å². The number of nitrogens with zero attached hydrogens (tertiary/aromatic N) is 2. The maximum atomic E-state index is 9.32. The van der Waals surface area contributed by atoms with E-state index in [0.29, 0.717) is 12.0 Å². The van der Waals surface area contributed by atoms with Gasteiger partial charge in [-0.3, -0.25) is 0 Å². The fraction of sp³-hybridized carbons (Fsp3) is 0.933. The molecule has 0 saturated heterocycles. The summed E-state index contributed by atoms with van der Waals surface area (Å²) in [5.41, 5.74) is 5.66. The average Bonchev–Trinajstić information content (AvgIpc) is 3.23. The molecule has 102 valence electrons. The van der Waals surface area contributed by atoms with Crippen LogP contribution < -0.4 is 5.73 Å². The summed E-state index contributed by atoms with van der Waals surface area (Å²) in [5, 5.41) is 9.32. The molecule has 2 saturated carbocycles. The fourth-order valence-electron chi connectivity index (χ4n) is 3.39. The van der Waals surface area contributed by atoms with E-state index in [0.717, 1.165) is 25.3 Å². The minimum Gasteiger partial charge on any atom is -0.312 e. The van der Waals surface area contributed by atoms with Gasteiger partial charge in [0.25, 0.3) is 0 Å². The molecule has 2 fully saturated rings. The Hall–Kier alpha value is -0.590. The zero-order chi connectivity index (χ0) is 13.2. The summed E-state index contributed by atoms with van der Waals surface area (Å²) in [6.45, 7) is 3.04. The van der Waals surface area contributed by atoms with E-state index in [1.165, 1.54) is 32.1 Å². The lowest BCUT2D eigenvalue weighted by Gasteiger charge is -2.37. The monoisotopic (exact) mass is 249 g/mol. The summed E-state index contributed by atoms with van der Waals surface area (Å²) >= 11 is 0. The molecule has 0 spiro atoms. The normalized spacial score (nSPS) is 31.9. The molecule has 2 aliphatic rings. The zero-order valence-corrected chi connectivity index (χ0v) is 11.9. The van der Waals surface area contributed by atoms with Gasteiger partial charge in [-0.2, -0.15) is 5.26 Å². The highest BCUT2D eigenvalue weighted by Gasteiger charge is 2.44. The molecule has 18 heavy (non-hydrogen) atoms. The van der Waals surface area contributed by atoms with E-state index < -0.39 is 5.54 Å². The summed E-state index contributed by atoms with van der Waals surface area (Å²) in [6, 6.07) is 3.01. The average molecular weight is 249 g/mol. The summed E-state index contributed by atoms with van der Waals surface area (Å²) in [6.07, 6.45) is 8.85. The van der Waals surface area contributed by atoms with E-state index in [2.05, 4.69) is 24.9 Å². The van der Waals surface area contributed by atoms with Crippen molar-refractivity contribution in [2.75, 3.05) is 13.6 Å². The fourth-order valence-corrected chi connectivity index (χ4v) is 3.39. The van der Waals surface area contributed by atoms with Crippen molar-refractivity contribution < 1.29 is 0 Å². The van der Waals surface area contributed by atoms with Crippen molar-refractivity contribution in [2.24, 2.45) is 17.6 Å². The van der Waals surface area contributed by atoms with Gasteiger partial charge in [0.1, 0.15) is 5.54 Å². The maximum Gasteiger partial charge on any atom is 0.119 e. The molecule has 0 radical (unpaired) electrons. The lowest BCUT2D eigenvalue weighted by atomic mass is 9.83. The Morgan fingerprint density at radius 1 is 1.22 bits per heavy atom. The predicted molar refractivity (Wildman–Crippen MR) is 73.9 cm³/mol. The third kappa shape index (κ3) is 3.05. The smallest absolute Gasteiger partial charge is 0.119 e. The summed E-state index contributed by atoms with van der Waals surface area (Å²) in [7, 11) is 2.15. The van der Waals surface area contributed by atoms with Crippen LogP contribution in [0.4, 0.5) is 0 Å². The van der Waals surface area contributed by atoms with E-state index >= 15 is 0 Å². The Balaban J connectivity index is 1.84. The highest BCUT2D eigenvalue weighted by atomic mass is 15.2. The van der Waals surface area contributed by atoms with Crippen LogP contribution in [-0.4, -0.2) is 30.1 Å². The Labute approximate surface area is 111 Å². The molecule has 0 aromatic heterocycles. The van der Waals surface area contributed by atoms with Crippen molar-refractivity contribution in [3.63, 3.8) is 0 Å². The summed E-state index contributed by atoms with van der Waals surface area (Å²) < 4.78 is 0. The van der Waals surface area contributed by atoms with Crippen molar-refractivity contribution in [3.05, 3.63) is 0 Å². The van der Waals surface area contributed by atoms with E-state index in [1.807, 2.05) is 0 Å². The zero-order valence-electron chi connectivity index (χ0n) is 11.9. The van der Waals surface area contributed by atoms with Crippen molar-refractivity contribution in [3.8, 4) is 6.07 Å². The maximum absolute atomic E-state index is 9.32. The number of hydrogen-bond acceptors (Lipinski definition) is 3. The molecule has 2 N–H and O–H groups in total. The molecule has 1 unspecified atom stereocenters. The number of nitriles is 1. The van der Waals surface area contributed by atoms with E-state index in [-0.39, 0.29) is 0 Å². The van der Waals surface area contributed by atoms with Crippen LogP contribution in [0.2, 0.25) is 0 Å². The quantitative estimate of drug-likeness (QED) is 0.814. The van der Waals surface area contributed by atoms with Crippen molar-refractivity contribution in [1.82, 2.24) is 4.90 Å². The van der Waals surface area contributed by atoms with E-state index in [1.54, 1.807) is 0 Å². The molecule has 0 aliphatic heterocycles.